The van der Waals surface area contributed by atoms with Crippen LogP contribution in [0.4, 0.5) is 4.39 Å². The van der Waals surface area contributed by atoms with Gasteiger partial charge in [0.25, 0.3) is 0 Å². The minimum absolute atomic E-state index is 0.129. The quantitative estimate of drug-likeness (QED) is 0.792. The van der Waals surface area contributed by atoms with Gasteiger partial charge >= 0.3 is 0 Å². The first kappa shape index (κ1) is 15.0. The summed E-state index contributed by atoms with van der Waals surface area (Å²) in [6.45, 7) is 3.35. The highest BCUT2D eigenvalue weighted by Crippen LogP contribution is 2.23. The Morgan fingerprint density at radius 2 is 1.95 bits per heavy atom. The highest BCUT2D eigenvalue weighted by Gasteiger charge is 2.09. The van der Waals surface area contributed by atoms with Gasteiger partial charge in [0.1, 0.15) is 18.2 Å². The van der Waals surface area contributed by atoms with Gasteiger partial charge in [-0.05, 0) is 36.8 Å². The zero-order valence-electron chi connectivity index (χ0n) is 11.3. The second kappa shape index (κ2) is 7.41. The van der Waals surface area contributed by atoms with Crippen molar-refractivity contribution < 1.29 is 9.13 Å². The first-order valence-electron chi connectivity index (χ1n) is 6.53. The van der Waals surface area contributed by atoms with Crippen molar-refractivity contribution in [2.45, 2.75) is 13.0 Å². The summed E-state index contributed by atoms with van der Waals surface area (Å²) in [4.78, 5) is 0. The second-order valence-electron chi connectivity index (χ2n) is 4.50. The lowest BCUT2D eigenvalue weighted by Crippen LogP contribution is -2.24. The predicted octanol–water partition coefficient (Wildman–Crippen LogP) is 4.32. The Kier molecular flexibility index (Phi) is 5.56. The van der Waals surface area contributed by atoms with Crippen LogP contribution in [-0.2, 0) is 0 Å². The van der Waals surface area contributed by atoms with Crippen LogP contribution < -0.4 is 10.1 Å². The molecule has 0 heterocycles. The van der Waals surface area contributed by atoms with Crippen LogP contribution in [0, 0.1) is 5.82 Å². The van der Waals surface area contributed by atoms with Gasteiger partial charge in [0, 0.05) is 17.1 Å². The Labute approximate surface area is 127 Å². The standard InChI is InChI=1S/C16H17BrFNO/c1-12(15-8-7-13(18)11-16(15)17)19-9-10-20-14-5-3-2-4-6-14/h2-8,11-12,19H,9-10H2,1H3. The van der Waals surface area contributed by atoms with Crippen LogP contribution in [0.3, 0.4) is 0 Å². The molecular weight excluding hydrogens is 321 g/mol. The molecule has 0 aliphatic heterocycles. The van der Waals surface area contributed by atoms with Crippen molar-refractivity contribution in [3.8, 4) is 5.75 Å². The molecule has 2 rings (SSSR count). The summed E-state index contributed by atoms with van der Waals surface area (Å²) in [5, 5.41) is 3.35. The zero-order chi connectivity index (χ0) is 14.4. The maximum Gasteiger partial charge on any atom is 0.124 e. The lowest BCUT2D eigenvalue weighted by atomic mass is 10.1. The number of hydrogen-bond donors (Lipinski definition) is 1. The molecule has 20 heavy (non-hydrogen) atoms. The molecule has 1 N–H and O–H groups in total. The maximum atomic E-state index is 13.0. The lowest BCUT2D eigenvalue weighted by Gasteiger charge is -2.16. The number of halogens is 2. The van der Waals surface area contributed by atoms with Crippen molar-refractivity contribution >= 4 is 15.9 Å². The average molecular weight is 338 g/mol. The van der Waals surface area contributed by atoms with Crippen molar-refractivity contribution in [2.24, 2.45) is 0 Å². The van der Waals surface area contributed by atoms with Crippen molar-refractivity contribution in [3.05, 3.63) is 64.4 Å². The highest BCUT2D eigenvalue weighted by molar-refractivity contribution is 9.10. The van der Waals surface area contributed by atoms with E-state index >= 15 is 0 Å². The molecule has 0 aliphatic carbocycles. The largest absolute Gasteiger partial charge is 0.492 e. The van der Waals surface area contributed by atoms with Gasteiger partial charge in [0.15, 0.2) is 0 Å². The van der Waals surface area contributed by atoms with Gasteiger partial charge < -0.3 is 10.1 Å². The minimum atomic E-state index is -0.236. The number of nitrogens with one attached hydrogen (secondary N) is 1. The summed E-state index contributed by atoms with van der Waals surface area (Å²) in [6.07, 6.45) is 0. The monoisotopic (exact) mass is 337 g/mol. The van der Waals surface area contributed by atoms with Crippen LogP contribution in [0.15, 0.2) is 53.0 Å². The van der Waals surface area contributed by atoms with Crippen LogP contribution in [0.1, 0.15) is 18.5 Å². The summed E-state index contributed by atoms with van der Waals surface area (Å²) in [5.41, 5.74) is 1.03. The summed E-state index contributed by atoms with van der Waals surface area (Å²) in [6, 6.07) is 14.6. The van der Waals surface area contributed by atoms with E-state index in [-0.39, 0.29) is 11.9 Å². The molecule has 0 saturated heterocycles. The molecule has 0 amide bonds. The lowest BCUT2D eigenvalue weighted by molar-refractivity contribution is 0.307. The van der Waals surface area contributed by atoms with Crippen LogP contribution in [0.2, 0.25) is 0 Å². The minimum Gasteiger partial charge on any atom is -0.492 e. The molecule has 1 unspecified atom stereocenters. The van der Waals surface area contributed by atoms with Crippen molar-refractivity contribution in [1.82, 2.24) is 5.32 Å². The fourth-order valence-corrected chi connectivity index (χ4v) is 2.62. The third-order valence-corrected chi connectivity index (χ3v) is 3.68. The molecule has 2 aromatic carbocycles. The Hall–Kier alpha value is -1.39. The van der Waals surface area contributed by atoms with Crippen LogP contribution in [-0.4, -0.2) is 13.2 Å². The smallest absolute Gasteiger partial charge is 0.124 e. The van der Waals surface area contributed by atoms with Crippen LogP contribution in [0.5, 0.6) is 5.75 Å². The molecule has 0 bridgehead atoms. The van der Waals surface area contributed by atoms with Crippen LogP contribution >= 0.6 is 15.9 Å². The number of para-hydroxylation sites is 1. The van der Waals surface area contributed by atoms with Gasteiger partial charge in [-0.3, -0.25) is 0 Å². The van der Waals surface area contributed by atoms with E-state index in [0.29, 0.717) is 6.61 Å². The molecule has 4 heteroatoms. The Balaban J connectivity index is 1.79. The number of hydrogen-bond acceptors (Lipinski definition) is 2. The summed E-state index contributed by atoms with van der Waals surface area (Å²) >= 11 is 3.38. The third-order valence-electron chi connectivity index (χ3n) is 2.99. The SMILES string of the molecule is CC(NCCOc1ccccc1)c1ccc(F)cc1Br. The molecular formula is C16H17BrFNO. The Morgan fingerprint density at radius 1 is 1.20 bits per heavy atom. The molecule has 106 valence electrons. The Morgan fingerprint density at radius 3 is 2.65 bits per heavy atom. The molecule has 2 aromatic rings. The number of benzene rings is 2. The van der Waals surface area contributed by atoms with E-state index in [1.165, 1.54) is 12.1 Å². The average Bonchev–Trinajstić information content (AvgIpc) is 2.44. The van der Waals surface area contributed by atoms with E-state index in [4.69, 9.17) is 4.74 Å². The zero-order valence-corrected chi connectivity index (χ0v) is 12.9. The van der Waals surface area contributed by atoms with Gasteiger partial charge in [0.2, 0.25) is 0 Å². The maximum absolute atomic E-state index is 13.0. The van der Waals surface area contributed by atoms with Crippen molar-refractivity contribution in [1.29, 1.82) is 0 Å². The second-order valence-corrected chi connectivity index (χ2v) is 5.36. The van der Waals surface area contributed by atoms with Gasteiger partial charge in [0.05, 0.1) is 0 Å². The summed E-state index contributed by atoms with van der Waals surface area (Å²) in [7, 11) is 0. The van der Waals surface area contributed by atoms with Gasteiger partial charge in [-0.1, -0.05) is 40.2 Å². The van der Waals surface area contributed by atoms with E-state index in [1.807, 2.05) is 37.3 Å². The molecule has 0 aromatic heterocycles. The molecule has 2 nitrogen and oxygen atoms in total. The summed E-state index contributed by atoms with van der Waals surface area (Å²) < 4.78 is 19.4. The predicted molar refractivity (Wildman–Crippen MR) is 82.5 cm³/mol. The first-order valence-corrected chi connectivity index (χ1v) is 7.32. The van der Waals surface area contributed by atoms with Gasteiger partial charge in [-0.15, -0.1) is 0 Å². The Bertz CT molecular complexity index is 547. The van der Waals surface area contributed by atoms with E-state index in [2.05, 4.69) is 21.2 Å². The third kappa shape index (κ3) is 4.32. The fourth-order valence-electron chi connectivity index (χ4n) is 1.92. The topological polar surface area (TPSA) is 21.3 Å². The highest BCUT2D eigenvalue weighted by atomic mass is 79.9. The molecule has 0 fully saturated rings. The van der Waals surface area contributed by atoms with E-state index in [1.54, 1.807) is 6.07 Å². The number of ether oxygens (including phenoxy) is 1. The number of rotatable bonds is 6. The molecule has 0 spiro atoms. The summed E-state index contributed by atoms with van der Waals surface area (Å²) in [5.74, 6) is 0.630. The normalized spacial score (nSPS) is 12.2. The van der Waals surface area contributed by atoms with E-state index < -0.39 is 0 Å². The van der Waals surface area contributed by atoms with Gasteiger partial charge in [-0.2, -0.15) is 0 Å². The van der Waals surface area contributed by atoms with Gasteiger partial charge in [-0.25, -0.2) is 4.39 Å². The van der Waals surface area contributed by atoms with E-state index in [9.17, 15) is 4.39 Å². The van der Waals surface area contributed by atoms with E-state index in [0.717, 1.165) is 22.3 Å². The molecule has 0 saturated carbocycles. The molecule has 0 aliphatic rings. The van der Waals surface area contributed by atoms with Crippen molar-refractivity contribution in [2.75, 3.05) is 13.2 Å². The van der Waals surface area contributed by atoms with Crippen molar-refractivity contribution in [3.63, 3.8) is 0 Å². The molecule has 1 atom stereocenters. The first-order chi connectivity index (χ1) is 9.66. The molecule has 0 radical (unpaired) electrons. The van der Waals surface area contributed by atoms with Crippen LogP contribution in [0.25, 0.3) is 0 Å². The fraction of sp³-hybridized carbons (Fsp3) is 0.250.